The molecule has 4 nitrogen and oxygen atoms in total. The van der Waals surface area contributed by atoms with Gasteiger partial charge in [-0.3, -0.25) is 4.79 Å². The molecule has 0 aromatic heterocycles. The molecule has 76 valence electrons. The molecule has 0 aliphatic carbocycles. The Labute approximate surface area is 79.2 Å². The van der Waals surface area contributed by atoms with Gasteiger partial charge in [0.1, 0.15) is 0 Å². The lowest BCUT2D eigenvalue weighted by Gasteiger charge is -2.29. The smallest absolute Gasteiger partial charge is 0.226 e. The summed E-state index contributed by atoms with van der Waals surface area (Å²) in [5, 5.41) is 3.01. The van der Waals surface area contributed by atoms with E-state index in [2.05, 4.69) is 5.32 Å². The predicted octanol–water partition coefficient (Wildman–Crippen LogP) is -0.299. The number of morpholine rings is 1. The molecule has 4 heteroatoms. The lowest BCUT2D eigenvalue weighted by molar-refractivity contribution is -0.138. The number of ether oxygens (including phenoxy) is 1. The zero-order valence-electron chi connectivity index (χ0n) is 8.38. The molecule has 0 saturated carbocycles. The molecule has 0 spiro atoms. The van der Waals surface area contributed by atoms with Crippen molar-refractivity contribution >= 4 is 5.91 Å². The van der Waals surface area contributed by atoms with E-state index >= 15 is 0 Å². The fraction of sp³-hybridized carbons (Fsp3) is 0.889. The molecule has 1 rings (SSSR count). The highest BCUT2D eigenvalue weighted by Gasteiger charge is 2.21. The van der Waals surface area contributed by atoms with E-state index < -0.39 is 0 Å². The van der Waals surface area contributed by atoms with Crippen LogP contribution in [0, 0.1) is 5.92 Å². The average Bonchev–Trinajstić information content (AvgIpc) is 2.18. The second kappa shape index (κ2) is 5.19. The Kier molecular flexibility index (Phi) is 4.18. The van der Waals surface area contributed by atoms with Gasteiger partial charge < -0.3 is 15.0 Å². The van der Waals surface area contributed by atoms with Crippen molar-refractivity contribution in [2.24, 2.45) is 5.92 Å². The normalized spacial score (nSPS) is 20.0. The maximum absolute atomic E-state index is 11.7. The number of nitrogens with one attached hydrogen (secondary N) is 1. The largest absolute Gasteiger partial charge is 0.378 e. The highest BCUT2D eigenvalue weighted by molar-refractivity contribution is 5.78. The van der Waals surface area contributed by atoms with Gasteiger partial charge in [0.2, 0.25) is 5.91 Å². The number of rotatable bonds is 3. The topological polar surface area (TPSA) is 41.6 Å². The molecule has 1 heterocycles. The summed E-state index contributed by atoms with van der Waals surface area (Å²) >= 11 is 0. The summed E-state index contributed by atoms with van der Waals surface area (Å²) in [6.45, 7) is 5.54. The van der Waals surface area contributed by atoms with Gasteiger partial charge in [0, 0.05) is 25.6 Å². The van der Waals surface area contributed by atoms with Crippen LogP contribution in [0.3, 0.4) is 0 Å². The van der Waals surface area contributed by atoms with E-state index in [4.69, 9.17) is 4.74 Å². The number of hydrogen-bond acceptors (Lipinski definition) is 3. The van der Waals surface area contributed by atoms with E-state index in [1.165, 1.54) is 0 Å². The molecule has 1 atom stereocenters. The summed E-state index contributed by atoms with van der Waals surface area (Å²) in [5.41, 5.74) is 0. The Hall–Kier alpha value is -0.610. The Morgan fingerprint density at radius 1 is 1.54 bits per heavy atom. The van der Waals surface area contributed by atoms with E-state index in [9.17, 15) is 4.79 Å². The minimum absolute atomic E-state index is 0.0723. The Morgan fingerprint density at radius 2 is 2.15 bits per heavy atom. The molecule has 13 heavy (non-hydrogen) atoms. The van der Waals surface area contributed by atoms with E-state index in [-0.39, 0.29) is 11.8 Å². The highest BCUT2D eigenvalue weighted by atomic mass is 16.5. The lowest BCUT2D eigenvalue weighted by atomic mass is 10.1. The monoisotopic (exact) mass is 186 g/mol. The van der Waals surface area contributed by atoms with Crippen LogP contribution in [0.2, 0.25) is 0 Å². The van der Waals surface area contributed by atoms with Crippen molar-refractivity contribution < 1.29 is 9.53 Å². The fourth-order valence-corrected chi connectivity index (χ4v) is 1.49. The van der Waals surface area contributed by atoms with E-state index in [0.717, 1.165) is 19.6 Å². The Balaban J connectivity index is 2.36. The summed E-state index contributed by atoms with van der Waals surface area (Å²) in [6.07, 6.45) is 0. The zero-order chi connectivity index (χ0) is 9.68. The summed E-state index contributed by atoms with van der Waals surface area (Å²) < 4.78 is 5.18. The van der Waals surface area contributed by atoms with E-state index in [1.807, 2.05) is 18.9 Å². The maximum atomic E-state index is 11.7. The van der Waals surface area contributed by atoms with Crippen molar-refractivity contribution in [2.45, 2.75) is 6.92 Å². The zero-order valence-corrected chi connectivity index (χ0v) is 8.38. The van der Waals surface area contributed by atoms with E-state index in [1.54, 1.807) is 0 Å². The number of carbonyl (C=O) groups is 1. The SMILES string of the molecule is CNC[C@H](C)C(=O)N1CCOCC1. The summed E-state index contributed by atoms with van der Waals surface area (Å²) in [4.78, 5) is 13.6. The molecule has 0 aromatic carbocycles. The number of amides is 1. The summed E-state index contributed by atoms with van der Waals surface area (Å²) in [6, 6.07) is 0. The van der Waals surface area contributed by atoms with Crippen molar-refractivity contribution in [1.29, 1.82) is 0 Å². The van der Waals surface area contributed by atoms with Gasteiger partial charge in [0.15, 0.2) is 0 Å². The molecule has 0 aromatic rings. The molecular formula is C9H18N2O2. The van der Waals surface area contributed by atoms with Crippen LogP contribution in [0.5, 0.6) is 0 Å². The van der Waals surface area contributed by atoms with Crippen LogP contribution in [0.1, 0.15) is 6.92 Å². The van der Waals surface area contributed by atoms with E-state index in [0.29, 0.717) is 13.2 Å². The minimum atomic E-state index is 0.0723. The molecule has 0 unspecified atom stereocenters. The Bertz CT molecular complexity index is 167. The van der Waals surface area contributed by atoms with Gasteiger partial charge in [-0.05, 0) is 7.05 Å². The van der Waals surface area contributed by atoms with Crippen LogP contribution in [0.15, 0.2) is 0 Å². The first kappa shape index (κ1) is 10.5. The number of hydrogen-bond donors (Lipinski definition) is 1. The average molecular weight is 186 g/mol. The van der Waals surface area contributed by atoms with Gasteiger partial charge in [-0.2, -0.15) is 0 Å². The lowest BCUT2D eigenvalue weighted by Crippen LogP contribution is -2.44. The fourth-order valence-electron chi connectivity index (χ4n) is 1.49. The third-order valence-corrected chi connectivity index (χ3v) is 2.25. The third kappa shape index (κ3) is 2.97. The van der Waals surface area contributed by atoms with Gasteiger partial charge in [0.05, 0.1) is 13.2 Å². The van der Waals surface area contributed by atoms with Crippen LogP contribution < -0.4 is 5.32 Å². The number of nitrogens with zero attached hydrogens (tertiary/aromatic N) is 1. The molecule has 0 radical (unpaired) electrons. The van der Waals surface area contributed by atoms with Crippen LogP contribution in [0.25, 0.3) is 0 Å². The Morgan fingerprint density at radius 3 is 2.69 bits per heavy atom. The first-order valence-corrected chi connectivity index (χ1v) is 4.77. The second-order valence-corrected chi connectivity index (χ2v) is 3.40. The van der Waals surface area contributed by atoms with Gasteiger partial charge in [0.25, 0.3) is 0 Å². The molecule has 1 aliphatic rings. The molecule has 0 bridgehead atoms. The molecule has 1 N–H and O–H groups in total. The molecule has 1 aliphatic heterocycles. The molecule has 1 fully saturated rings. The third-order valence-electron chi connectivity index (χ3n) is 2.25. The quantitative estimate of drug-likeness (QED) is 0.658. The van der Waals surface area contributed by atoms with Crippen molar-refractivity contribution in [3.05, 3.63) is 0 Å². The summed E-state index contributed by atoms with van der Waals surface area (Å²) in [5.74, 6) is 0.306. The van der Waals surface area contributed by atoms with Crippen molar-refractivity contribution in [2.75, 3.05) is 39.9 Å². The second-order valence-electron chi connectivity index (χ2n) is 3.40. The van der Waals surface area contributed by atoms with Crippen molar-refractivity contribution in [3.63, 3.8) is 0 Å². The van der Waals surface area contributed by atoms with Gasteiger partial charge in [-0.1, -0.05) is 6.92 Å². The molecular weight excluding hydrogens is 168 g/mol. The van der Waals surface area contributed by atoms with Crippen LogP contribution in [-0.2, 0) is 9.53 Å². The first-order valence-electron chi connectivity index (χ1n) is 4.77. The van der Waals surface area contributed by atoms with Crippen molar-refractivity contribution in [3.8, 4) is 0 Å². The van der Waals surface area contributed by atoms with Crippen LogP contribution >= 0.6 is 0 Å². The van der Waals surface area contributed by atoms with Gasteiger partial charge in [-0.25, -0.2) is 0 Å². The number of carbonyl (C=O) groups excluding carboxylic acids is 1. The van der Waals surface area contributed by atoms with Crippen LogP contribution in [0.4, 0.5) is 0 Å². The first-order chi connectivity index (χ1) is 6.25. The standard InChI is InChI=1S/C9H18N2O2/c1-8(7-10-2)9(12)11-3-5-13-6-4-11/h8,10H,3-7H2,1-2H3/t8-/m0/s1. The van der Waals surface area contributed by atoms with Gasteiger partial charge >= 0.3 is 0 Å². The van der Waals surface area contributed by atoms with Gasteiger partial charge in [-0.15, -0.1) is 0 Å². The minimum Gasteiger partial charge on any atom is -0.378 e. The van der Waals surface area contributed by atoms with Crippen LogP contribution in [-0.4, -0.2) is 50.7 Å². The highest BCUT2D eigenvalue weighted by Crippen LogP contribution is 2.04. The predicted molar refractivity (Wildman–Crippen MR) is 50.5 cm³/mol. The summed E-state index contributed by atoms with van der Waals surface area (Å²) in [7, 11) is 1.86. The maximum Gasteiger partial charge on any atom is 0.226 e. The van der Waals surface area contributed by atoms with Crippen molar-refractivity contribution in [1.82, 2.24) is 10.2 Å². The molecule has 1 saturated heterocycles. The molecule has 1 amide bonds.